The fourth-order valence-electron chi connectivity index (χ4n) is 1.93. The Hall–Kier alpha value is -2.48. The molecule has 0 saturated heterocycles. The minimum absolute atomic E-state index is 0.382. The molecule has 2 N–H and O–H groups in total. The zero-order valence-electron chi connectivity index (χ0n) is 11.4. The second-order valence-corrected chi connectivity index (χ2v) is 4.41. The molecule has 0 spiro atoms. The van der Waals surface area contributed by atoms with Gasteiger partial charge in [0.1, 0.15) is 17.5 Å². The molecule has 1 aromatic heterocycles. The number of rotatable bonds is 3. The third kappa shape index (κ3) is 2.13. The molecule has 0 aliphatic carbocycles. The van der Waals surface area contributed by atoms with Crippen LogP contribution in [0.1, 0.15) is 18.1 Å². The van der Waals surface area contributed by atoms with Gasteiger partial charge in [0.15, 0.2) is 5.82 Å². The molecule has 0 fully saturated rings. The van der Waals surface area contributed by atoms with E-state index in [0.717, 1.165) is 17.8 Å². The van der Waals surface area contributed by atoms with Crippen LogP contribution in [0.4, 0.5) is 11.6 Å². The summed E-state index contributed by atoms with van der Waals surface area (Å²) >= 11 is 0. The molecule has 19 heavy (non-hydrogen) atoms. The van der Waals surface area contributed by atoms with Gasteiger partial charge in [0, 0.05) is 13.6 Å². The van der Waals surface area contributed by atoms with Gasteiger partial charge in [-0.1, -0.05) is 18.2 Å². The fraction of sp³-hybridized carbons (Fsp3) is 0.286. The highest BCUT2D eigenvalue weighted by Crippen LogP contribution is 2.27. The van der Waals surface area contributed by atoms with E-state index in [1.807, 2.05) is 50.1 Å². The second kappa shape index (κ2) is 5.02. The molecule has 0 unspecified atom stereocenters. The molecular formula is C14H17N5. The van der Waals surface area contributed by atoms with Gasteiger partial charge >= 0.3 is 0 Å². The smallest absolute Gasteiger partial charge is 0.171 e. The van der Waals surface area contributed by atoms with Crippen molar-refractivity contribution >= 4 is 11.6 Å². The lowest BCUT2D eigenvalue weighted by Crippen LogP contribution is -2.17. The normalized spacial score (nSPS) is 10.2. The third-order valence-electron chi connectivity index (χ3n) is 3.19. The molecule has 98 valence electrons. The average molecular weight is 255 g/mol. The van der Waals surface area contributed by atoms with Crippen molar-refractivity contribution < 1.29 is 0 Å². The zero-order valence-corrected chi connectivity index (χ0v) is 11.4. The topological polar surface area (TPSA) is 70.9 Å². The van der Waals surface area contributed by atoms with Crippen molar-refractivity contribution in [2.75, 3.05) is 24.2 Å². The van der Waals surface area contributed by atoms with Crippen LogP contribution in [0.25, 0.3) is 5.69 Å². The Kier molecular flexibility index (Phi) is 3.43. The Morgan fingerprint density at radius 1 is 1.42 bits per heavy atom. The number of para-hydroxylation sites is 1. The molecule has 2 rings (SSSR count). The monoisotopic (exact) mass is 255 g/mol. The molecule has 0 amide bonds. The standard InChI is InChI=1S/C14H17N5/c1-4-18(3)14-11(9-15)13(16)19(17-14)12-8-6-5-7-10(12)2/h5-8H,4,16H2,1-3H3. The first-order valence-electron chi connectivity index (χ1n) is 6.15. The van der Waals surface area contributed by atoms with Gasteiger partial charge in [0.25, 0.3) is 0 Å². The summed E-state index contributed by atoms with van der Waals surface area (Å²) in [7, 11) is 1.89. The summed E-state index contributed by atoms with van der Waals surface area (Å²) in [6.07, 6.45) is 0. The molecule has 0 aliphatic heterocycles. The van der Waals surface area contributed by atoms with Crippen LogP contribution in [0.3, 0.4) is 0 Å². The van der Waals surface area contributed by atoms with Crippen molar-refractivity contribution in [1.29, 1.82) is 5.26 Å². The highest BCUT2D eigenvalue weighted by atomic mass is 15.4. The maximum absolute atomic E-state index is 9.26. The van der Waals surface area contributed by atoms with E-state index < -0.39 is 0 Å². The number of benzene rings is 1. The van der Waals surface area contributed by atoms with E-state index in [9.17, 15) is 5.26 Å². The Morgan fingerprint density at radius 3 is 2.68 bits per heavy atom. The summed E-state index contributed by atoms with van der Waals surface area (Å²) < 4.78 is 1.63. The molecule has 0 aliphatic rings. The maximum atomic E-state index is 9.26. The molecule has 5 heteroatoms. The number of nitriles is 1. The Morgan fingerprint density at radius 2 is 2.11 bits per heavy atom. The maximum Gasteiger partial charge on any atom is 0.171 e. The third-order valence-corrected chi connectivity index (χ3v) is 3.19. The quantitative estimate of drug-likeness (QED) is 0.911. The van der Waals surface area contributed by atoms with Crippen LogP contribution in [-0.2, 0) is 0 Å². The van der Waals surface area contributed by atoms with Crippen molar-refractivity contribution in [1.82, 2.24) is 9.78 Å². The Labute approximate surface area is 112 Å². The SMILES string of the molecule is CCN(C)c1nn(-c2ccccc2C)c(N)c1C#N. The summed E-state index contributed by atoms with van der Waals surface area (Å²) in [5.41, 5.74) is 8.44. The summed E-state index contributed by atoms with van der Waals surface area (Å²) in [4.78, 5) is 1.91. The van der Waals surface area contributed by atoms with Gasteiger partial charge in [-0.2, -0.15) is 5.26 Å². The number of hydrogen-bond donors (Lipinski definition) is 1. The lowest BCUT2D eigenvalue weighted by molar-refractivity contribution is 0.847. The first-order chi connectivity index (χ1) is 9.10. The highest BCUT2D eigenvalue weighted by Gasteiger charge is 2.19. The molecule has 0 bridgehead atoms. The van der Waals surface area contributed by atoms with Crippen LogP contribution >= 0.6 is 0 Å². The number of nitrogens with two attached hydrogens (primary N) is 1. The zero-order chi connectivity index (χ0) is 14.0. The van der Waals surface area contributed by atoms with Crippen molar-refractivity contribution in [3.63, 3.8) is 0 Å². The number of nitrogens with zero attached hydrogens (tertiary/aromatic N) is 4. The van der Waals surface area contributed by atoms with Gasteiger partial charge in [-0.15, -0.1) is 5.10 Å². The molecular weight excluding hydrogens is 238 g/mol. The summed E-state index contributed by atoms with van der Waals surface area (Å²) in [5, 5.41) is 13.7. The lowest BCUT2D eigenvalue weighted by atomic mass is 10.2. The summed E-state index contributed by atoms with van der Waals surface area (Å²) in [6, 6.07) is 9.96. The van der Waals surface area contributed by atoms with E-state index in [-0.39, 0.29) is 0 Å². The van der Waals surface area contributed by atoms with E-state index in [4.69, 9.17) is 5.73 Å². The Balaban J connectivity index is 2.64. The van der Waals surface area contributed by atoms with Crippen molar-refractivity contribution in [3.05, 3.63) is 35.4 Å². The number of anilines is 2. The minimum atomic E-state index is 0.382. The van der Waals surface area contributed by atoms with Gasteiger partial charge in [-0.3, -0.25) is 0 Å². The van der Waals surface area contributed by atoms with Gasteiger partial charge in [-0.05, 0) is 25.5 Å². The van der Waals surface area contributed by atoms with E-state index >= 15 is 0 Å². The van der Waals surface area contributed by atoms with Crippen LogP contribution in [0, 0.1) is 18.3 Å². The fourth-order valence-corrected chi connectivity index (χ4v) is 1.93. The first kappa shape index (κ1) is 13.0. The van der Waals surface area contributed by atoms with E-state index in [0.29, 0.717) is 17.2 Å². The number of aromatic nitrogens is 2. The number of nitrogen functional groups attached to an aromatic ring is 1. The van der Waals surface area contributed by atoms with E-state index in [2.05, 4.69) is 11.2 Å². The molecule has 5 nitrogen and oxygen atoms in total. The van der Waals surface area contributed by atoms with Crippen molar-refractivity contribution in [3.8, 4) is 11.8 Å². The molecule has 0 atom stereocenters. The van der Waals surface area contributed by atoms with Gasteiger partial charge in [0.05, 0.1) is 5.69 Å². The molecule has 0 radical (unpaired) electrons. The summed E-state index contributed by atoms with van der Waals surface area (Å²) in [6.45, 7) is 4.76. The predicted molar refractivity (Wildman–Crippen MR) is 76.4 cm³/mol. The molecule has 2 aromatic rings. The van der Waals surface area contributed by atoms with Crippen LogP contribution in [0.15, 0.2) is 24.3 Å². The van der Waals surface area contributed by atoms with E-state index in [1.54, 1.807) is 4.68 Å². The van der Waals surface area contributed by atoms with Crippen LogP contribution in [0.5, 0.6) is 0 Å². The average Bonchev–Trinajstić information content (AvgIpc) is 2.75. The van der Waals surface area contributed by atoms with Crippen LogP contribution in [-0.4, -0.2) is 23.4 Å². The first-order valence-corrected chi connectivity index (χ1v) is 6.15. The van der Waals surface area contributed by atoms with Crippen LogP contribution in [0.2, 0.25) is 0 Å². The number of aryl methyl sites for hydroxylation is 1. The highest BCUT2D eigenvalue weighted by molar-refractivity contribution is 5.67. The van der Waals surface area contributed by atoms with Gasteiger partial charge < -0.3 is 10.6 Å². The largest absolute Gasteiger partial charge is 0.382 e. The van der Waals surface area contributed by atoms with Crippen molar-refractivity contribution in [2.45, 2.75) is 13.8 Å². The summed E-state index contributed by atoms with van der Waals surface area (Å²) in [5.74, 6) is 0.998. The van der Waals surface area contributed by atoms with E-state index in [1.165, 1.54) is 0 Å². The minimum Gasteiger partial charge on any atom is -0.382 e. The Bertz CT molecular complexity index is 636. The van der Waals surface area contributed by atoms with Gasteiger partial charge in [-0.25, -0.2) is 4.68 Å². The van der Waals surface area contributed by atoms with Gasteiger partial charge in [0.2, 0.25) is 0 Å². The lowest BCUT2D eigenvalue weighted by Gasteiger charge is -2.12. The number of hydrogen-bond acceptors (Lipinski definition) is 4. The van der Waals surface area contributed by atoms with Crippen LogP contribution < -0.4 is 10.6 Å². The second-order valence-electron chi connectivity index (χ2n) is 4.41. The predicted octanol–water partition coefficient (Wildman–Crippen LogP) is 2.09. The molecule has 0 saturated carbocycles. The molecule has 1 aromatic carbocycles. The molecule has 1 heterocycles. The van der Waals surface area contributed by atoms with Crippen molar-refractivity contribution in [2.24, 2.45) is 0 Å².